The Balaban J connectivity index is 4.00. The van der Waals surface area contributed by atoms with E-state index in [0.29, 0.717) is 17.6 Å². The van der Waals surface area contributed by atoms with Gasteiger partial charge in [-0.1, -0.05) is 104 Å². The number of hydrogen-bond acceptors (Lipinski definition) is 5. The van der Waals surface area contributed by atoms with Crippen LogP contribution in [0.3, 0.4) is 0 Å². The second kappa shape index (κ2) is 24.3. The van der Waals surface area contributed by atoms with Gasteiger partial charge in [-0.2, -0.15) is 0 Å². The number of nitrogens with zero attached hydrogens (tertiary/aromatic N) is 1. The van der Waals surface area contributed by atoms with E-state index in [4.69, 9.17) is 13.8 Å². The van der Waals surface area contributed by atoms with Crippen LogP contribution in [0.15, 0.2) is 0 Å². The fraction of sp³-hybridized carbons (Fsp3) is 0.966. The van der Waals surface area contributed by atoms with Gasteiger partial charge in [0.15, 0.2) is 0 Å². The van der Waals surface area contributed by atoms with E-state index in [1.165, 1.54) is 84.0 Å². The molecule has 0 radical (unpaired) electrons. The summed E-state index contributed by atoms with van der Waals surface area (Å²) in [5.41, 5.74) is 0. The highest BCUT2D eigenvalue weighted by Gasteiger charge is 2.28. The fourth-order valence-corrected chi connectivity index (χ4v) is 5.20. The summed E-state index contributed by atoms with van der Waals surface area (Å²) in [6.07, 6.45) is 19.7. The van der Waals surface area contributed by atoms with Gasteiger partial charge in [-0.3, -0.25) is 13.8 Å². The number of carbonyl (C=O) groups excluding carboxylic acids is 1. The van der Waals surface area contributed by atoms with E-state index in [1.54, 1.807) is 0 Å². The van der Waals surface area contributed by atoms with Gasteiger partial charge in [0.25, 0.3) is 0 Å². The van der Waals surface area contributed by atoms with Crippen molar-refractivity contribution in [3.8, 4) is 0 Å². The van der Waals surface area contributed by atoms with Crippen LogP contribution in [0, 0.1) is 0 Å². The van der Waals surface area contributed by atoms with Crippen molar-refractivity contribution in [3.63, 3.8) is 0 Å². The van der Waals surface area contributed by atoms with Crippen LogP contribution in [0.4, 0.5) is 0 Å². The third-order valence-electron chi connectivity index (χ3n) is 6.87. The molecule has 0 spiro atoms. The Bertz CT molecular complexity index is 606. The number of ether oxygens (including phenoxy) is 1. The van der Waals surface area contributed by atoms with E-state index < -0.39 is 13.9 Å². The van der Waals surface area contributed by atoms with E-state index in [9.17, 15) is 14.3 Å². The summed E-state index contributed by atoms with van der Waals surface area (Å²) < 4.78 is 29.5. The van der Waals surface area contributed by atoms with Gasteiger partial charge in [-0.15, -0.1) is 0 Å². The molecule has 0 aromatic heterocycles. The second-order valence-corrected chi connectivity index (χ2v) is 12.8. The van der Waals surface area contributed by atoms with E-state index in [-0.39, 0.29) is 25.7 Å². The molecule has 2 atom stereocenters. The lowest BCUT2D eigenvalue weighted by atomic mass is 10.0. The molecule has 1 amide bonds. The van der Waals surface area contributed by atoms with Gasteiger partial charge in [0, 0.05) is 20.1 Å². The first kappa shape index (κ1) is 37.5. The Morgan fingerprint density at radius 2 is 1.29 bits per heavy atom. The lowest BCUT2D eigenvalue weighted by Crippen LogP contribution is -2.43. The molecule has 0 aliphatic rings. The molecule has 2 N–H and O–H groups in total. The molecule has 0 fully saturated rings. The topological polar surface area (TPSA) is 94.1 Å². The summed E-state index contributed by atoms with van der Waals surface area (Å²) in [6, 6.07) is 0. The van der Waals surface area contributed by atoms with Crippen molar-refractivity contribution in [3.05, 3.63) is 0 Å². The van der Waals surface area contributed by atoms with Crippen molar-refractivity contribution in [1.29, 1.82) is 0 Å². The third kappa shape index (κ3) is 25.8. The fourth-order valence-electron chi connectivity index (χ4n) is 4.32. The molecule has 0 aromatic rings. The van der Waals surface area contributed by atoms with Crippen LogP contribution in [0.2, 0.25) is 0 Å². The Hall–Kier alpha value is -0.500. The van der Waals surface area contributed by atoms with Gasteiger partial charge in [0.2, 0.25) is 5.91 Å². The van der Waals surface area contributed by atoms with E-state index in [1.807, 2.05) is 0 Å². The number of amides is 1. The summed E-state index contributed by atoms with van der Waals surface area (Å²) >= 11 is 0. The van der Waals surface area contributed by atoms with Gasteiger partial charge in [0.05, 0.1) is 27.2 Å². The van der Waals surface area contributed by atoms with Crippen molar-refractivity contribution in [2.45, 2.75) is 130 Å². The van der Waals surface area contributed by atoms with Crippen LogP contribution in [-0.2, 0) is 23.1 Å². The number of nitrogens with one attached hydrogen (secondary N) is 1. The minimum atomic E-state index is -4.25. The molecule has 2 unspecified atom stereocenters. The summed E-state index contributed by atoms with van der Waals surface area (Å²) in [5, 5.41) is 2.64. The highest BCUT2D eigenvalue weighted by Crippen LogP contribution is 2.44. The number of phosphoric acid groups is 1. The minimum absolute atomic E-state index is 0.0973. The average Bonchev–Trinajstić information content (AvgIpc) is 2.85. The highest BCUT2D eigenvalue weighted by atomic mass is 31.2. The molecule has 228 valence electrons. The number of rotatable bonds is 28. The first-order valence-electron chi connectivity index (χ1n) is 15.4. The van der Waals surface area contributed by atoms with Crippen LogP contribution in [0.25, 0.3) is 0 Å². The molecule has 0 rings (SSSR count). The van der Waals surface area contributed by atoms with Crippen LogP contribution in [-0.4, -0.2) is 74.9 Å². The lowest BCUT2D eigenvalue weighted by molar-refractivity contribution is -0.890. The molecule has 8 nitrogen and oxygen atoms in total. The molecule has 38 heavy (non-hydrogen) atoms. The molecule has 0 heterocycles. The summed E-state index contributed by atoms with van der Waals surface area (Å²) in [7, 11) is -0.101. The molecular weight excluding hydrogens is 503 g/mol. The number of hydrogen-bond donors (Lipinski definition) is 2. The number of likely N-dealkylation sites (N-methyl/N-ethyl adjacent to an activating group) is 1. The Kier molecular flexibility index (Phi) is 24.0. The summed E-state index contributed by atoms with van der Waals surface area (Å²) in [5.74, 6) is -0.228. The number of unbranched alkanes of at least 4 members (excludes halogenated alkanes) is 14. The van der Waals surface area contributed by atoms with Gasteiger partial charge in [-0.25, -0.2) is 4.57 Å². The lowest BCUT2D eigenvalue weighted by Gasteiger charge is -2.30. The van der Waals surface area contributed by atoms with Crippen LogP contribution in [0.1, 0.15) is 124 Å². The van der Waals surface area contributed by atoms with Gasteiger partial charge < -0.3 is 19.4 Å². The quantitative estimate of drug-likeness (QED) is 0.0603. The maximum atomic E-state index is 12.5. The van der Waals surface area contributed by atoms with Gasteiger partial charge >= 0.3 is 7.82 Å². The zero-order valence-corrected chi connectivity index (χ0v) is 26.4. The monoisotopic (exact) mass is 565 g/mol. The predicted octanol–water partition coefficient (Wildman–Crippen LogP) is 7.00. The smallest absolute Gasteiger partial charge is 0.379 e. The summed E-state index contributed by atoms with van der Waals surface area (Å²) in [4.78, 5) is 21.5. The molecule has 0 saturated carbocycles. The largest absolute Gasteiger partial charge is 0.472 e. The highest BCUT2D eigenvalue weighted by molar-refractivity contribution is 7.47. The minimum Gasteiger partial charge on any atom is -0.379 e. The maximum absolute atomic E-state index is 12.5. The van der Waals surface area contributed by atoms with E-state index in [0.717, 1.165) is 32.2 Å². The van der Waals surface area contributed by atoms with E-state index >= 15 is 0 Å². The molecule has 0 bridgehead atoms. The molecule has 0 aromatic carbocycles. The van der Waals surface area contributed by atoms with Gasteiger partial charge in [-0.05, 0) is 12.8 Å². The average molecular weight is 566 g/mol. The van der Waals surface area contributed by atoms with Crippen molar-refractivity contribution in [2.24, 2.45) is 0 Å². The molecule has 0 saturated heterocycles. The third-order valence-corrected chi connectivity index (χ3v) is 7.95. The standard InChI is InChI=1S/C29H61N2O6P/c1-6-8-10-11-12-13-14-15-16-17-18-19-20-21-24-35-27-29(26-30-28(3)32)37-38(33,34)36-25-23-31(4,5)22-9-7-2/h29H,6-27H2,1-5H3,(H-,30,32,33,34)/p+1. The molecule has 9 heteroatoms. The van der Waals surface area contributed by atoms with Crippen molar-refractivity contribution in [1.82, 2.24) is 5.32 Å². The second-order valence-electron chi connectivity index (χ2n) is 11.4. The molecule has 0 aliphatic heterocycles. The maximum Gasteiger partial charge on any atom is 0.472 e. The van der Waals surface area contributed by atoms with Crippen molar-refractivity contribution < 1.29 is 32.5 Å². The Labute approximate surface area is 234 Å². The Morgan fingerprint density at radius 1 is 0.789 bits per heavy atom. The predicted molar refractivity (Wildman–Crippen MR) is 157 cm³/mol. The normalized spacial score (nSPS) is 14.4. The van der Waals surface area contributed by atoms with Crippen LogP contribution >= 0.6 is 7.82 Å². The van der Waals surface area contributed by atoms with Crippen molar-refractivity contribution >= 4 is 13.7 Å². The first-order valence-corrected chi connectivity index (χ1v) is 16.9. The zero-order valence-electron chi connectivity index (χ0n) is 25.5. The SMILES string of the molecule is CCCCCCCCCCCCCCCCOCC(CNC(C)=O)OP(=O)(O)OCC[N+](C)(C)CCCC. The van der Waals surface area contributed by atoms with Crippen LogP contribution < -0.4 is 5.32 Å². The van der Waals surface area contributed by atoms with Gasteiger partial charge in [0.1, 0.15) is 19.3 Å². The first-order chi connectivity index (χ1) is 18.1. The van der Waals surface area contributed by atoms with Crippen LogP contribution in [0.5, 0.6) is 0 Å². The summed E-state index contributed by atoms with van der Waals surface area (Å²) in [6.45, 7) is 8.31. The zero-order chi connectivity index (χ0) is 28.5. The molecule has 0 aliphatic carbocycles. The van der Waals surface area contributed by atoms with Crippen molar-refractivity contribution in [2.75, 3.05) is 53.6 Å². The molecular formula is C29H62N2O6P+. The van der Waals surface area contributed by atoms with E-state index in [2.05, 4.69) is 33.3 Å². The number of quaternary nitrogens is 1. The number of carbonyl (C=O) groups is 1. The Morgan fingerprint density at radius 3 is 1.79 bits per heavy atom. The number of phosphoric ester groups is 1.